The molecule has 2 N–H and O–H groups in total. The lowest BCUT2D eigenvalue weighted by Crippen LogP contribution is -2.31. The minimum absolute atomic E-state index is 0.138. The summed E-state index contributed by atoms with van der Waals surface area (Å²) in [7, 11) is 3.33. The molecule has 0 aliphatic carbocycles. The molecule has 0 aliphatic rings. The zero-order chi connectivity index (χ0) is 15.3. The minimum atomic E-state index is -0.908. The van der Waals surface area contributed by atoms with Gasteiger partial charge in [-0.25, -0.2) is 9.78 Å². The summed E-state index contributed by atoms with van der Waals surface area (Å²) < 4.78 is 0. The van der Waals surface area contributed by atoms with E-state index in [0.717, 1.165) is 0 Å². The largest absolute Gasteiger partial charge is 0.480 e. The molecule has 1 amide bonds. The van der Waals surface area contributed by atoms with Gasteiger partial charge in [-0.15, -0.1) is 0 Å². The average molecular weight is 279 g/mol. The van der Waals surface area contributed by atoms with Crippen molar-refractivity contribution in [3.63, 3.8) is 0 Å². The van der Waals surface area contributed by atoms with Crippen molar-refractivity contribution in [3.05, 3.63) is 23.9 Å². The van der Waals surface area contributed by atoms with E-state index in [1.165, 1.54) is 11.1 Å². The molecule has 1 heterocycles. The van der Waals surface area contributed by atoms with Gasteiger partial charge >= 0.3 is 5.97 Å². The van der Waals surface area contributed by atoms with Crippen LogP contribution in [0.2, 0.25) is 0 Å². The molecule has 0 bridgehead atoms. The quantitative estimate of drug-likeness (QED) is 0.828. The van der Waals surface area contributed by atoms with Gasteiger partial charge in [-0.1, -0.05) is 13.8 Å². The molecule has 0 fully saturated rings. The van der Waals surface area contributed by atoms with Crippen molar-refractivity contribution in [1.82, 2.24) is 9.88 Å². The van der Waals surface area contributed by atoms with Crippen molar-refractivity contribution in [2.75, 3.05) is 19.4 Å². The Bertz CT molecular complexity index is 469. The fourth-order valence-electron chi connectivity index (χ4n) is 1.74. The molecule has 6 nitrogen and oxygen atoms in total. The number of rotatable bonds is 6. The van der Waals surface area contributed by atoms with Gasteiger partial charge in [0.05, 0.1) is 5.56 Å². The van der Waals surface area contributed by atoms with Crippen LogP contribution in [0.3, 0.4) is 0 Å². The molecule has 0 spiro atoms. The second-order valence-electron chi connectivity index (χ2n) is 5.30. The minimum Gasteiger partial charge on any atom is -0.480 e. The molecule has 110 valence electrons. The number of amides is 1. The number of nitrogens with zero attached hydrogens (tertiary/aromatic N) is 2. The smallest absolute Gasteiger partial charge is 0.326 e. The number of pyridine rings is 1. The summed E-state index contributed by atoms with van der Waals surface area (Å²) in [5.41, 5.74) is 0.469. The van der Waals surface area contributed by atoms with Crippen LogP contribution >= 0.6 is 0 Å². The Balaban J connectivity index is 2.77. The van der Waals surface area contributed by atoms with Crippen molar-refractivity contribution in [1.29, 1.82) is 0 Å². The van der Waals surface area contributed by atoms with Crippen molar-refractivity contribution in [3.8, 4) is 0 Å². The van der Waals surface area contributed by atoms with Gasteiger partial charge in [0.15, 0.2) is 0 Å². The Morgan fingerprint density at radius 2 is 2.00 bits per heavy atom. The maximum atomic E-state index is 11.7. The van der Waals surface area contributed by atoms with Crippen LogP contribution in [-0.4, -0.2) is 47.0 Å². The number of anilines is 1. The zero-order valence-corrected chi connectivity index (χ0v) is 12.3. The number of carboxylic acid groups (broad SMARTS) is 1. The highest BCUT2D eigenvalue weighted by Gasteiger charge is 2.19. The first kappa shape index (κ1) is 15.9. The van der Waals surface area contributed by atoms with Gasteiger partial charge in [0, 0.05) is 20.3 Å². The van der Waals surface area contributed by atoms with E-state index in [0.29, 0.717) is 17.8 Å². The summed E-state index contributed by atoms with van der Waals surface area (Å²) in [5.74, 6) is -0.332. The van der Waals surface area contributed by atoms with Crippen LogP contribution in [0.25, 0.3) is 0 Å². The number of hydrogen-bond acceptors (Lipinski definition) is 4. The zero-order valence-electron chi connectivity index (χ0n) is 12.3. The number of carbonyl (C=O) groups is 2. The van der Waals surface area contributed by atoms with Gasteiger partial charge in [0.1, 0.15) is 11.9 Å². The lowest BCUT2D eigenvalue weighted by molar-refractivity contribution is -0.138. The van der Waals surface area contributed by atoms with Crippen LogP contribution in [0.4, 0.5) is 5.82 Å². The predicted octanol–water partition coefficient (Wildman–Crippen LogP) is 1.69. The van der Waals surface area contributed by atoms with Crippen LogP contribution in [0.1, 0.15) is 30.6 Å². The summed E-state index contributed by atoms with van der Waals surface area (Å²) in [4.78, 5) is 28.4. The third kappa shape index (κ3) is 4.53. The number of carboxylic acids is 1. The van der Waals surface area contributed by atoms with E-state index >= 15 is 0 Å². The van der Waals surface area contributed by atoms with Crippen LogP contribution in [0.5, 0.6) is 0 Å². The molecule has 0 aromatic carbocycles. The average Bonchev–Trinajstić information content (AvgIpc) is 2.37. The molecule has 0 saturated carbocycles. The summed E-state index contributed by atoms with van der Waals surface area (Å²) in [5, 5.41) is 12.0. The molecule has 1 aromatic heterocycles. The maximum absolute atomic E-state index is 11.7. The molecule has 1 atom stereocenters. The summed E-state index contributed by atoms with van der Waals surface area (Å²) in [6.45, 7) is 3.92. The van der Waals surface area contributed by atoms with Crippen LogP contribution in [0, 0.1) is 5.92 Å². The second-order valence-corrected chi connectivity index (χ2v) is 5.30. The fraction of sp³-hybridized carbons (Fsp3) is 0.500. The van der Waals surface area contributed by atoms with Gasteiger partial charge < -0.3 is 15.3 Å². The first-order valence-corrected chi connectivity index (χ1v) is 6.48. The van der Waals surface area contributed by atoms with E-state index in [9.17, 15) is 9.59 Å². The highest BCUT2D eigenvalue weighted by atomic mass is 16.4. The van der Waals surface area contributed by atoms with E-state index in [1.807, 2.05) is 13.8 Å². The van der Waals surface area contributed by atoms with Crippen molar-refractivity contribution < 1.29 is 14.7 Å². The number of aromatic nitrogens is 1. The molecule has 1 aromatic rings. The SMILES string of the molecule is CC(C)C[C@H](Nc1ccc(C(=O)N(C)C)cn1)C(=O)O. The van der Waals surface area contributed by atoms with E-state index in [4.69, 9.17) is 5.11 Å². The third-order valence-corrected chi connectivity index (χ3v) is 2.74. The lowest BCUT2D eigenvalue weighted by Gasteiger charge is -2.17. The molecule has 0 radical (unpaired) electrons. The Hall–Kier alpha value is -2.11. The third-order valence-electron chi connectivity index (χ3n) is 2.74. The predicted molar refractivity (Wildman–Crippen MR) is 76.8 cm³/mol. The first-order chi connectivity index (χ1) is 9.31. The number of hydrogen-bond donors (Lipinski definition) is 2. The molecular formula is C14H21N3O3. The van der Waals surface area contributed by atoms with E-state index in [2.05, 4.69) is 10.3 Å². The van der Waals surface area contributed by atoms with Crippen molar-refractivity contribution in [2.24, 2.45) is 5.92 Å². The van der Waals surface area contributed by atoms with E-state index < -0.39 is 12.0 Å². The van der Waals surface area contributed by atoms with Gasteiger partial charge in [-0.3, -0.25) is 4.79 Å². The van der Waals surface area contributed by atoms with Crippen molar-refractivity contribution in [2.45, 2.75) is 26.3 Å². The Labute approximate surface area is 118 Å². The normalized spacial score (nSPS) is 12.1. The molecule has 0 aliphatic heterocycles. The second kappa shape index (κ2) is 6.88. The van der Waals surface area contributed by atoms with Crippen LogP contribution in [0.15, 0.2) is 18.3 Å². The Kier molecular flexibility index (Phi) is 5.49. The highest BCUT2D eigenvalue weighted by Crippen LogP contribution is 2.12. The van der Waals surface area contributed by atoms with E-state index in [1.54, 1.807) is 26.2 Å². The standard InChI is InChI=1S/C14H21N3O3/c1-9(2)7-11(14(19)20)16-12-6-5-10(8-15-12)13(18)17(3)4/h5-6,8-9,11H,7H2,1-4H3,(H,15,16)(H,19,20)/t11-/m0/s1. The van der Waals surface area contributed by atoms with Crippen LogP contribution < -0.4 is 5.32 Å². The van der Waals surface area contributed by atoms with Crippen LogP contribution in [-0.2, 0) is 4.79 Å². The summed E-state index contributed by atoms with van der Waals surface area (Å²) >= 11 is 0. The maximum Gasteiger partial charge on any atom is 0.326 e. The van der Waals surface area contributed by atoms with Crippen molar-refractivity contribution >= 4 is 17.7 Å². The lowest BCUT2D eigenvalue weighted by atomic mass is 10.0. The first-order valence-electron chi connectivity index (χ1n) is 6.48. The Morgan fingerprint density at radius 3 is 2.40 bits per heavy atom. The molecule has 0 unspecified atom stereocenters. The monoisotopic (exact) mass is 279 g/mol. The van der Waals surface area contributed by atoms with Gasteiger partial charge in [-0.2, -0.15) is 0 Å². The molecule has 0 saturated heterocycles. The number of aliphatic carboxylic acids is 1. The number of nitrogens with one attached hydrogen (secondary N) is 1. The van der Waals surface area contributed by atoms with Gasteiger partial charge in [0.25, 0.3) is 5.91 Å². The van der Waals surface area contributed by atoms with Gasteiger partial charge in [0.2, 0.25) is 0 Å². The van der Waals surface area contributed by atoms with Gasteiger partial charge in [-0.05, 0) is 24.5 Å². The molecular weight excluding hydrogens is 258 g/mol. The highest BCUT2D eigenvalue weighted by molar-refractivity contribution is 5.93. The number of carbonyl (C=O) groups excluding carboxylic acids is 1. The molecule has 20 heavy (non-hydrogen) atoms. The van der Waals surface area contributed by atoms with E-state index in [-0.39, 0.29) is 11.8 Å². The summed E-state index contributed by atoms with van der Waals surface area (Å²) in [6, 6.07) is 2.57. The summed E-state index contributed by atoms with van der Waals surface area (Å²) in [6.07, 6.45) is 1.95. The molecule has 6 heteroatoms. The fourth-order valence-corrected chi connectivity index (χ4v) is 1.74. The topological polar surface area (TPSA) is 82.5 Å². The molecule has 1 rings (SSSR count). The Morgan fingerprint density at radius 1 is 1.35 bits per heavy atom.